The van der Waals surface area contributed by atoms with Gasteiger partial charge in [-0.2, -0.15) is 0 Å². The molecule has 28 heavy (non-hydrogen) atoms. The summed E-state index contributed by atoms with van der Waals surface area (Å²) in [5.41, 5.74) is 0. The van der Waals surface area contributed by atoms with Crippen molar-refractivity contribution in [2.24, 2.45) is 0 Å². The van der Waals surface area contributed by atoms with Crippen LogP contribution in [0.3, 0.4) is 0 Å². The summed E-state index contributed by atoms with van der Waals surface area (Å²) in [6.45, 7) is 3.25. The number of carbonyl (C=O) groups is 1. The minimum Gasteiger partial charge on any atom is -0.493 e. The number of para-hydroxylation sites is 1. The zero-order chi connectivity index (χ0) is 19.2. The van der Waals surface area contributed by atoms with Gasteiger partial charge in [-0.25, -0.2) is 0 Å². The van der Waals surface area contributed by atoms with Crippen molar-refractivity contribution in [3.8, 4) is 5.75 Å². The number of nitrogens with one attached hydrogen (secondary N) is 1. The van der Waals surface area contributed by atoms with E-state index in [-0.39, 0.29) is 12.3 Å². The van der Waals surface area contributed by atoms with Crippen molar-refractivity contribution < 1.29 is 19.0 Å². The summed E-state index contributed by atoms with van der Waals surface area (Å²) in [5.74, 6) is 1.41. The second-order valence-electron chi connectivity index (χ2n) is 6.83. The van der Waals surface area contributed by atoms with Crippen LogP contribution in [0, 0.1) is 0 Å². The van der Waals surface area contributed by atoms with Gasteiger partial charge in [-0.1, -0.05) is 18.2 Å². The average Bonchev–Trinajstić information content (AvgIpc) is 3.18. The van der Waals surface area contributed by atoms with Gasteiger partial charge >= 0.3 is 0 Å². The highest BCUT2D eigenvalue weighted by Gasteiger charge is 2.40. The predicted molar refractivity (Wildman–Crippen MR) is 103 cm³/mol. The number of hydrogen-bond acceptors (Lipinski definition) is 7. The average molecular weight is 384 g/mol. The van der Waals surface area contributed by atoms with Crippen LogP contribution in [-0.2, 0) is 14.3 Å². The van der Waals surface area contributed by atoms with E-state index in [1.54, 1.807) is 6.07 Å². The summed E-state index contributed by atoms with van der Waals surface area (Å²) in [5, 5.41) is 11.1. The lowest BCUT2D eigenvalue weighted by atomic mass is 10.0. The molecular weight excluding hydrogens is 360 g/mol. The molecule has 0 bridgehead atoms. The Kier molecular flexibility index (Phi) is 5.68. The highest BCUT2D eigenvalue weighted by Crippen LogP contribution is 2.32. The third-order valence-corrected chi connectivity index (χ3v) is 4.92. The molecule has 1 N–H and O–H groups in total. The molecule has 8 heteroatoms. The second kappa shape index (κ2) is 8.53. The van der Waals surface area contributed by atoms with Gasteiger partial charge in [-0.15, -0.1) is 10.2 Å². The smallest absolute Gasteiger partial charge is 0.229 e. The van der Waals surface area contributed by atoms with Crippen molar-refractivity contribution in [3.63, 3.8) is 0 Å². The van der Waals surface area contributed by atoms with Crippen molar-refractivity contribution in [1.82, 2.24) is 10.2 Å². The zero-order valence-corrected chi connectivity index (χ0v) is 15.7. The maximum Gasteiger partial charge on any atom is 0.229 e. The molecule has 1 aromatic heterocycles. The van der Waals surface area contributed by atoms with E-state index >= 15 is 0 Å². The molecule has 4 rings (SSSR count). The molecule has 2 fully saturated rings. The Labute approximate surface area is 163 Å². The van der Waals surface area contributed by atoms with Gasteiger partial charge in [-0.05, 0) is 24.3 Å². The summed E-state index contributed by atoms with van der Waals surface area (Å²) in [4.78, 5) is 14.2. The van der Waals surface area contributed by atoms with Gasteiger partial charge in [-0.3, -0.25) is 4.79 Å². The molecule has 3 heterocycles. The van der Waals surface area contributed by atoms with Crippen LogP contribution < -0.4 is 15.0 Å². The number of hydrogen-bond donors (Lipinski definition) is 1. The van der Waals surface area contributed by atoms with Crippen LogP contribution in [0.1, 0.15) is 19.3 Å². The van der Waals surface area contributed by atoms with Crippen molar-refractivity contribution in [2.45, 2.75) is 25.0 Å². The number of rotatable bonds is 6. The molecule has 0 radical (unpaired) electrons. The number of anilines is 2. The number of benzene rings is 1. The number of nitrogens with zero attached hydrogens (tertiary/aromatic N) is 3. The highest BCUT2D eigenvalue weighted by molar-refractivity contribution is 5.89. The Balaban J connectivity index is 1.22. The van der Waals surface area contributed by atoms with Crippen LogP contribution in [0.4, 0.5) is 11.6 Å². The highest BCUT2D eigenvalue weighted by atomic mass is 16.7. The fourth-order valence-electron chi connectivity index (χ4n) is 3.41. The maximum atomic E-state index is 12.0. The first kappa shape index (κ1) is 18.6. The normalized spacial score (nSPS) is 18.2. The van der Waals surface area contributed by atoms with Gasteiger partial charge in [0.25, 0.3) is 0 Å². The third kappa shape index (κ3) is 4.58. The molecule has 0 unspecified atom stereocenters. The van der Waals surface area contributed by atoms with E-state index in [1.165, 1.54) is 0 Å². The summed E-state index contributed by atoms with van der Waals surface area (Å²) < 4.78 is 17.0. The Bertz CT molecular complexity index is 769. The fraction of sp³-hybridized carbons (Fsp3) is 0.450. The van der Waals surface area contributed by atoms with Crippen LogP contribution in [0.25, 0.3) is 0 Å². The predicted octanol–water partition coefficient (Wildman–Crippen LogP) is 2.23. The van der Waals surface area contributed by atoms with Crippen molar-refractivity contribution in [3.05, 3.63) is 42.5 Å². The van der Waals surface area contributed by atoms with Crippen molar-refractivity contribution in [1.29, 1.82) is 0 Å². The molecule has 2 aliphatic heterocycles. The molecule has 0 saturated carbocycles. The molecule has 2 saturated heterocycles. The van der Waals surface area contributed by atoms with Crippen LogP contribution in [0.5, 0.6) is 5.75 Å². The number of aromatic nitrogens is 2. The quantitative estimate of drug-likeness (QED) is 0.817. The fourth-order valence-corrected chi connectivity index (χ4v) is 3.41. The Morgan fingerprint density at radius 1 is 1.07 bits per heavy atom. The monoisotopic (exact) mass is 384 g/mol. The van der Waals surface area contributed by atoms with Crippen molar-refractivity contribution >= 4 is 17.5 Å². The van der Waals surface area contributed by atoms with Gasteiger partial charge in [0.1, 0.15) is 5.75 Å². The second-order valence-corrected chi connectivity index (χ2v) is 6.83. The molecule has 2 aliphatic rings. The minimum absolute atomic E-state index is 0.159. The van der Waals surface area contributed by atoms with Crippen LogP contribution in [-0.4, -0.2) is 54.8 Å². The summed E-state index contributed by atoms with van der Waals surface area (Å²) >= 11 is 0. The summed E-state index contributed by atoms with van der Waals surface area (Å²) in [6.07, 6.45) is 1.87. The molecule has 1 aromatic carbocycles. The summed E-state index contributed by atoms with van der Waals surface area (Å²) in [6, 6.07) is 13.1. The van der Waals surface area contributed by atoms with E-state index in [1.807, 2.05) is 36.4 Å². The lowest BCUT2D eigenvalue weighted by Gasteiger charge is -2.37. The molecule has 2 aromatic rings. The SMILES string of the molecule is O=C(CCOc1ccccc1)Nc1ccc(N2CCC3(CC2)OCCO3)nn1. The van der Waals surface area contributed by atoms with E-state index in [9.17, 15) is 4.79 Å². The standard InChI is InChI=1S/C20H24N4O4/c25-19(8-13-26-16-4-2-1-3-5-16)21-17-6-7-18(23-22-17)24-11-9-20(10-12-24)27-14-15-28-20/h1-7H,8-15H2,(H,21,22,25). The number of amides is 1. The van der Waals surface area contributed by atoms with E-state index < -0.39 is 5.79 Å². The van der Waals surface area contributed by atoms with Crippen molar-refractivity contribution in [2.75, 3.05) is 43.1 Å². The van der Waals surface area contributed by atoms with E-state index in [0.717, 1.165) is 37.5 Å². The maximum absolute atomic E-state index is 12.0. The Hall–Kier alpha value is -2.71. The topological polar surface area (TPSA) is 85.8 Å². The number of ether oxygens (including phenoxy) is 3. The summed E-state index contributed by atoms with van der Waals surface area (Å²) in [7, 11) is 0. The van der Waals surface area contributed by atoms with Crippen LogP contribution in [0.2, 0.25) is 0 Å². The molecule has 148 valence electrons. The minimum atomic E-state index is -0.403. The van der Waals surface area contributed by atoms with E-state index in [2.05, 4.69) is 20.4 Å². The number of carbonyl (C=O) groups excluding carboxylic acids is 1. The first-order chi connectivity index (χ1) is 13.7. The van der Waals surface area contributed by atoms with Gasteiger partial charge in [0.15, 0.2) is 17.4 Å². The van der Waals surface area contributed by atoms with E-state index in [0.29, 0.717) is 25.6 Å². The molecule has 0 aliphatic carbocycles. The Morgan fingerprint density at radius 2 is 1.82 bits per heavy atom. The number of piperidine rings is 1. The third-order valence-electron chi connectivity index (χ3n) is 4.92. The van der Waals surface area contributed by atoms with Gasteiger partial charge in [0, 0.05) is 25.9 Å². The molecule has 1 spiro atoms. The van der Waals surface area contributed by atoms with Crippen LogP contribution >= 0.6 is 0 Å². The molecule has 1 amide bonds. The van der Waals surface area contributed by atoms with Gasteiger partial charge < -0.3 is 24.4 Å². The first-order valence-electron chi connectivity index (χ1n) is 9.57. The van der Waals surface area contributed by atoms with Gasteiger partial charge in [0.2, 0.25) is 5.91 Å². The first-order valence-corrected chi connectivity index (χ1v) is 9.57. The van der Waals surface area contributed by atoms with Gasteiger partial charge in [0.05, 0.1) is 26.2 Å². The van der Waals surface area contributed by atoms with Crippen LogP contribution in [0.15, 0.2) is 42.5 Å². The lowest BCUT2D eigenvalue weighted by Crippen LogP contribution is -2.45. The lowest BCUT2D eigenvalue weighted by molar-refractivity contribution is -0.169. The molecule has 8 nitrogen and oxygen atoms in total. The molecular formula is C20H24N4O4. The zero-order valence-electron chi connectivity index (χ0n) is 15.7. The largest absolute Gasteiger partial charge is 0.493 e. The Morgan fingerprint density at radius 3 is 2.50 bits per heavy atom. The molecule has 0 atom stereocenters. The van der Waals surface area contributed by atoms with E-state index in [4.69, 9.17) is 14.2 Å².